The number of benzene rings is 1. The summed E-state index contributed by atoms with van der Waals surface area (Å²) in [6.45, 7) is 0.792. The molecule has 1 aromatic carbocycles. The molecule has 0 aliphatic carbocycles. The summed E-state index contributed by atoms with van der Waals surface area (Å²) in [5.74, 6) is 0.736. The Kier molecular flexibility index (Phi) is 4.20. The standard InChI is InChI=1S/C13H14ClNO2/c14-11-5-2-1-4-10(11)9-17-13(8-15)12-6-3-7-16-12/h1-7,13H,8-9,15H2. The van der Waals surface area contributed by atoms with Crippen molar-refractivity contribution in [3.63, 3.8) is 0 Å². The Balaban J connectivity index is 2.00. The lowest BCUT2D eigenvalue weighted by Gasteiger charge is -2.14. The highest BCUT2D eigenvalue weighted by Gasteiger charge is 2.13. The smallest absolute Gasteiger partial charge is 0.133 e. The second kappa shape index (κ2) is 5.87. The highest BCUT2D eigenvalue weighted by molar-refractivity contribution is 6.31. The van der Waals surface area contributed by atoms with Crippen LogP contribution >= 0.6 is 11.6 Å². The summed E-state index contributed by atoms with van der Waals surface area (Å²) >= 11 is 6.04. The van der Waals surface area contributed by atoms with Crippen molar-refractivity contribution >= 4 is 11.6 Å². The van der Waals surface area contributed by atoms with Crippen molar-refractivity contribution in [2.24, 2.45) is 5.73 Å². The van der Waals surface area contributed by atoms with Gasteiger partial charge in [0.05, 0.1) is 12.9 Å². The summed E-state index contributed by atoms with van der Waals surface area (Å²) in [5, 5.41) is 0.697. The van der Waals surface area contributed by atoms with Gasteiger partial charge in [0, 0.05) is 11.6 Å². The zero-order valence-corrected chi connectivity index (χ0v) is 10.1. The molecule has 2 aromatic rings. The van der Waals surface area contributed by atoms with Gasteiger partial charge in [0.2, 0.25) is 0 Å². The van der Waals surface area contributed by atoms with E-state index in [1.807, 2.05) is 36.4 Å². The normalized spacial score (nSPS) is 12.6. The Labute approximate surface area is 105 Å². The third-order valence-corrected chi connectivity index (χ3v) is 2.84. The van der Waals surface area contributed by atoms with Crippen molar-refractivity contribution < 1.29 is 9.15 Å². The lowest BCUT2D eigenvalue weighted by molar-refractivity contribution is 0.0314. The van der Waals surface area contributed by atoms with E-state index in [0.717, 1.165) is 11.3 Å². The quantitative estimate of drug-likeness (QED) is 0.888. The number of furan rings is 1. The molecule has 0 aliphatic rings. The van der Waals surface area contributed by atoms with Crippen LogP contribution < -0.4 is 5.73 Å². The molecular formula is C13H14ClNO2. The van der Waals surface area contributed by atoms with Crippen LogP contribution in [0.3, 0.4) is 0 Å². The van der Waals surface area contributed by atoms with Gasteiger partial charge in [0.25, 0.3) is 0 Å². The molecule has 1 unspecified atom stereocenters. The van der Waals surface area contributed by atoms with E-state index in [4.69, 9.17) is 26.5 Å². The average Bonchev–Trinajstić information content (AvgIpc) is 2.86. The maximum absolute atomic E-state index is 6.04. The first-order chi connectivity index (χ1) is 8.31. The Morgan fingerprint density at radius 2 is 2.06 bits per heavy atom. The highest BCUT2D eigenvalue weighted by atomic mass is 35.5. The van der Waals surface area contributed by atoms with Crippen LogP contribution in [0.15, 0.2) is 47.1 Å². The topological polar surface area (TPSA) is 48.4 Å². The monoisotopic (exact) mass is 251 g/mol. The van der Waals surface area contributed by atoms with Crippen LogP contribution in [0.5, 0.6) is 0 Å². The van der Waals surface area contributed by atoms with Gasteiger partial charge in [-0.2, -0.15) is 0 Å². The Morgan fingerprint density at radius 1 is 1.24 bits per heavy atom. The zero-order chi connectivity index (χ0) is 12.1. The lowest BCUT2D eigenvalue weighted by atomic mass is 10.2. The molecule has 0 bridgehead atoms. The van der Waals surface area contributed by atoms with Gasteiger partial charge in [-0.05, 0) is 23.8 Å². The number of ether oxygens (including phenoxy) is 1. The van der Waals surface area contributed by atoms with E-state index in [1.54, 1.807) is 6.26 Å². The SMILES string of the molecule is NCC(OCc1ccccc1Cl)c1ccco1. The first-order valence-corrected chi connectivity index (χ1v) is 5.77. The van der Waals surface area contributed by atoms with E-state index in [-0.39, 0.29) is 6.10 Å². The fourth-order valence-electron chi connectivity index (χ4n) is 1.55. The zero-order valence-electron chi connectivity index (χ0n) is 9.30. The summed E-state index contributed by atoms with van der Waals surface area (Å²) in [7, 11) is 0. The average molecular weight is 252 g/mol. The van der Waals surface area contributed by atoms with Crippen molar-refractivity contribution in [2.75, 3.05) is 6.54 Å². The molecule has 0 fully saturated rings. The summed E-state index contributed by atoms with van der Waals surface area (Å²) in [5.41, 5.74) is 6.59. The molecule has 1 atom stereocenters. The number of nitrogens with two attached hydrogens (primary N) is 1. The number of hydrogen-bond acceptors (Lipinski definition) is 3. The fourth-order valence-corrected chi connectivity index (χ4v) is 1.74. The van der Waals surface area contributed by atoms with Gasteiger partial charge in [-0.1, -0.05) is 29.8 Å². The van der Waals surface area contributed by atoms with Gasteiger partial charge in [0.1, 0.15) is 11.9 Å². The van der Waals surface area contributed by atoms with E-state index in [9.17, 15) is 0 Å². The van der Waals surface area contributed by atoms with Crippen LogP contribution in [-0.2, 0) is 11.3 Å². The first kappa shape index (κ1) is 12.2. The molecule has 0 saturated carbocycles. The summed E-state index contributed by atoms with van der Waals surface area (Å²) < 4.78 is 11.0. The first-order valence-electron chi connectivity index (χ1n) is 5.39. The molecule has 90 valence electrons. The minimum atomic E-state index is -0.235. The van der Waals surface area contributed by atoms with Gasteiger partial charge in [0.15, 0.2) is 0 Å². The largest absolute Gasteiger partial charge is 0.467 e. The Bertz CT molecular complexity index is 456. The van der Waals surface area contributed by atoms with E-state index in [0.29, 0.717) is 18.2 Å². The number of hydrogen-bond donors (Lipinski definition) is 1. The van der Waals surface area contributed by atoms with E-state index < -0.39 is 0 Å². The second-order valence-electron chi connectivity index (χ2n) is 3.64. The van der Waals surface area contributed by atoms with E-state index >= 15 is 0 Å². The van der Waals surface area contributed by atoms with Gasteiger partial charge >= 0.3 is 0 Å². The second-order valence-corrected chi connectivity index (χ2v) is 4.05. The molecule has 2 N–H and O–H groups in total. The van der Waals surface area contributed by atoms with Crippen molar-refractivity contribution in [2.45, 2.75) is 12.7 Å². The van der Waals surface area contributed by atoms with Crippen molar-refractivity contribution in [1.82, 2.24) is 0 Å². The molecule has 0 spiro atoms. The predicted octanol–water partition coefficient (Wildman–Crippen LogP) is 3.15. The van der Waals surface area contributed by atoms with Crippen LogP contribution in [-0.4, -0.2) is 6.54 Å². The van der Waals surface area contributed by atoms with Crippen LogP contribution in [0.2, 0.25) is 5.02 Å². The summed E-state index contributed by atoms with van der Waals surface area (Å²) in [6, 6.07) is 11.2. The molecule has 0 radical (unpaired) electrons. The van der Waals surface area contributed by atoms with Gasteiger partial charge in [-0.15, -0.1) is 0 Å². The molecular weight excluding hydrogens is 238 g/mol. The molecule has 1 heterocycles. The highest BCUT2D eigenvalue weighted by Crippen LogP contribution is 2.21. The molecule has 3 nitrogen and oxygen atoms in total. The molecule has 2 rings (SSSR count). The molecule has 0 saturated heterocycles. The van der Waals surface area contributed by atoms with Crippen LogP contribution in [0.4, 0.5) is 0 Å². The number of rotatable bonds is 5. The van der Waals surface area contributed by atoms with Gasteiger partial charge < -0.3 is 14.9 Å². The molecule has 0 aliphatic heterocycles. The van der Waals surface area contributed by atoms with Crippen molar-refractivity contribution in [3.05, 3.63) is 59.0 Å². The Morgan fingerprint density at radius 3 is 2.71 bits per heavy atom. The third kappa shape index (κ3) is 3.09. The van der Waals surface area contributed by atoms with Crippen LogP contribution in [0.25, 0.3) is 0 Å². The Hall–Kier alpha value is -1.29. The predicted molar refractivity (Wildman–Crippen MR) is 66.7 cm³/mol. The maximum Gasteiger partial charge on any atom is 0.133 e. The third-order valence-electron chi connectivity index (χ3n) is 2.47. The van der Waals surface area contributed by atoms with E-state index in [1.165, 1.54) is 0 Å². The van der Waals surface area contributed by atoms with E-state index in [2.05, 4.69) is 0 Å². The number of halogens is 1. The van der Waals surface area contributed by atoms with Crippen molar-refractivity contribution in [3.8, 4) is 0 Å². The molecule has 4 heteroatoms. The van der Waals surface area contributed by atoms with Crippen LogP contribution in [0.1, 0.15) is 17.4 Å². The molecule has 0 amide bonds. The summed E-state index contributed by atoms with van der Waals surface area (Å²) in [4.78, 5) is 0. The van der Waals surface area contributed by atoms with Gasteiger partial charge in [-0.3, -0.25) is 0 Å². The molecule has 1 aromatic heterocycles. The maximum atomic E-state index is 6.04. The summed E-state index contributed by atoms with van der Waals surface area (Å²) in [6.07, 6.45) is 1.37. The molecule has 17 heavy (non-hydrogen) atoms. The minimum Gasteiger partial charge on any atom is -0.467 e. The van der Waals surface area contributed by atoms with Gasteiger partial charge in [-0.25, -0.2) is 0 Å². The lowest BCUT2D eigenvalue weighted by Crippen LogP contribution is -2.15. The fraction of sp³-hybridized carbons (Fsp3) is 0.231. The van der Waals surface area contributed by atoms with Crippen LogP contribution in [0, 0.1) is 0 Å². The van der Waals surface area contributed by atoms with Crippen molar-refractivity contribution in [1.29, 1.82) is 0 Å². The minimum absolute atomic E-state index is 0.235.